The van der Waals surface area contributed by atoms with Gasteiger partial charge in [-0.15, -0.1) is 0 Å². The number of hydrogen-bond acceptors (Lipinski definition) is 5. The molecule has 1 unspecified atom stereocenters. The quantitative estimate of drug-likeness (QED) is 0.736. The summed E-state index contributed by atoms with van der Waals surface area (Å²) in [6.45, 7) is 3.47. The van der Waals surface area contributed by atoms with Gasteiger partial charge in [-0.1, -0.05) is 11.3 Å². The third kappa shape index (κ3) is 2.22. The highest BCUT2D eigenvalue weighted by atomic mass is 32.1. The monoisotopic (exact) mass is 331 g/mol. The van der Waals surface area contributed by atoms with Crippen molar-refractivity contribution in [1.29, 1.82) is 0 Å². The first-order chi connectivity index (χ1) is 11.2. The molecule has 1 saturated heterocycles. The fourth-order valence-electron chi connectivity index (χ4n) is 3.20. The molecular formula is C16H17N3O3S. The Morgan fingerprint density at radius 1 is 1.39 bits per heavy atom. The Hall–Kier alpha value is -1.99. The second kappa shape index (κ2) is 5.58. The topological polar surface area (TPSA) is 66.1 Å². The van der Waals surface area contributed by atoms with Crippen LogP contribution < -0.4 is 11.2 Å². The zero-order chi connectivity index (χ0) is 16.0. The molecular weight excluding hydrogens is 314 g/mol. The van der Waals surface area contributed by atoms with E-state index in [4.69, 9.17) is 4.74 Å². The van der Waals surface area contributed by atoms with Crippen LogP contribution in [0.15, 0.2) is 27.9 Å². The molecule has 0 bridgehead atoms. The van der Waals surface area contributed by atoms with Crippen LogP contribution in [-0.2, 0) is 17.8 Å². The van der Waals surface area contributed by atoms with Crippen LogP contribution in [0.3, 0.4) is 0 Å². The number of hydrogen-bond donors (Lipinski definition) is 0. The molecule has 0 aliphatic carbocycles. The number of ether oxygens (including phenoxy) is 1. The lowest BCUT2D eigenvalue weighted by Crippen LogP contribution is -2.41. The van der Waals surface area contributed by atoms with Gasteiger partial charge in [0.1, 0.15) is 9.66 Å². The van der Waals surface area contributed by atoms with Crippen LogP contribution in [0.25, 0.3) is 20.4 Å². The molecule has 1 aliphatic rings. The zero-order valence-corrected chi connectivity index (χ0v) is 13.6. The molecule has 1 atom stereocenters. The van der Waals surface area contributed by atoms with Crippen LogP contribution in [-0.4, -0.2) is 26.8 Å². The molecule has 120 valence electrons. The summed E-state index contributed by atoms with van der Waals surface area (Å²) in [5.74, 6) is 0. The Labute approximate surface area is 135 Å². The highest BCUT2D eigenvalue weighted by Crippen LogP contribution is 2.29. The smallest absolute Gasteiger partial charge is 0.332 e. The van der Waals surface area contributed by atoms with Crippen LogP contribution in [0.2, 0.25) is 0 Å². The van der Waals surface area contributed by atoms with E-state index in [9.17, 15) is 9.59 Å². The van der Waals surface area contributed by atoms with Crippen molar-refractivity contribution in [2.75, 3.05) is 6.61 Å². The van der Waals surface area contributed by atoms with E-state index in [-0.39, 0.29) is 17.4 Å². The summed E-state index contributed by atoms with van der Waals surface area (Å²) in [4.78, 5) is 31.5. The standard InChI is InChI=1S/C16H17N3O3S/c1-2-18-15-12(11-6-3-7-17-13(11)23-15)14(20)19(16(18)21)9-10-5-4-8-22-10/h3,6-7,10H,2,4-5,8-9H2,1H3. The first kappa shape index (κ1) is 14.6. The predicted octanol–water partition coefficient (Wildman–Crippen LogP) is 1.97. The fraction of sp³-hybridized carbons (Fsp3) is 0.438. The average Bonchev–Trinajstić information content (AvgIpc) is 3.19. The van der Waals surface area contributed by atoms with Crippen LogP contribution in [0, 0.1) is 0 Å². The fourth-order valence-corrected chi connectivity index (χ4v) is 4.40. The van der Waals surface area contributed by atoms with Gasteiger partial charge in [-0.25, -0.2) is 9.78 Å². The molecule has 4 heterocycles. The van der Waals surface area contributed by atoms with Gasteiger partial charge in [-0.3, -0.25) is 13.9 Å². The molecule has 0 spiro atoms. The van der Waals surface area contributed by atoms with Gasteiger partial charge in [0.25, 0.3) is 5.56 Å². The molecule has 4 rings (SSSR count). The van der Waals surface area contributed by atoms with E-state index in [0.29, 0.717) is 29.9 Å². The highest BCUT2D eigenvalue weighted by Gasteiger charge is 2.22. The van der Waals surface area contributed by atoms with Gasteiger partial charge in [0.15, 0.2) is 0 Å². The van der Waals surface area contributed by atoms with E-state index < -0.39 is 0 Å². The number of aromatic nitrogens is 3. The molecule has 3 aromatic rings. The van der Waals surface area contributed by atoms with Crippen LogP contribution in [0.5, 0.6) is 0 Å². The molecule has 1 fully saturated rings. The normalized spacial score (nSPS) is 18.2. The summed E-state index contributed by atoms with van der Waals surface area (Å²) in [6.07, 6.45) is 3.53. The van der Waals surface area contributed by atoms with Crippen molar-refractivity contribution >= 4 is 31.8 Å². The molecule has 0 amide bonds. The lowest BCUT2D eigenvalue weighted by atomic mass is 10.2. The second-order valence-electron chi connectivity index (χ2n) is 5.72. The number of fused-ring (bicyclic) bond motifs is 3. The third-order valence-corrected chi connectivity index (χ3v) is 5.48. The Balaban J connectivity index is 2.04. The summed E-state index contributed by atoms with van der Waals surface area (Å²) in [7, 11) is 0. The van der Waals surface area contributed by atoms with Crippen molar-refractivity contribution in [3.63, 3.8) is 0 Å². The summed E-state index contributed by atoms with van der Waals surface area (Å²) >= 11 is 1.40. The minimum absolute atomic E-state index is 0.0498. The predicted molar refractivity (Wildman–Crippen MR) is 90.3 cm³/mol. The minimum Gasteiger partial charge on any atom is -0.376 e. The van der Waals surface area contributed by atoms with Gasteiger partial charge in [-0.05, 0) is 31.9 Å². The van der Waals surface area contributed by atoms with Crippen molar-refractivity contribution in [3.8, 4) is 0 Å². The number of pyridine rings is 1. The Morgan fingerprint density at radius 3 is 3.00 bits per heavy atom. The molecule has 6 nitrogen and oxygen atoms in total. The first-order valence-electron chi connectivity index (χ1n) is 7.83. The van der Waals surface area contributed by atoms with Gasteiger partial charge < -0.3 is 4.74 Å². The SMILES string of the molecule is CCn1c(=O)n(CC2CCCO2)c(=O)c2c3cccnc3sc21. The van der Waals surface area contributed by atoms with Crippen molar-refractivity contribution in [2.45, 2.75) is 39.0 Å². The van der Waals surface area contributed by atoms with Gasteiger partial charge in [0.05, 0.1) is 18.0 Å². The van der Waals surface area contributed by atoms with Gasteiger partial charge in [0.2, 0.25) is 0 Å². The van der Waals surface area contributed by atoms with Crippen molar-refractivity contribution < 1.29 is 4.74 Å². The van der Waals surface area contributed by atoms with E-state index >= 15 is 0 Å². The van der Waals surface area contributed by atoms with Crippen molar-refractivity contribution in [3.05, 3.63) is 39.2 Å². The van der Waals surface area contributed by atoms with E-state index in [1.807, 2.05) is 19.1 Å². The molecule has 1 aliphatic heterocycles. The summed E-state index contributed by atoms with van der Waals surface area (Å²) in [5.41, 5.74) is -0.489. The lowest BCUT2D eigenvalue weighted by Gasteiger charge is -2.13. The van der Waals surface area contributed by atoms with E-state index in [1.165, 1.54) is 15.9 Å². The molecule has 7 heteroatoms. The lowest BCUT2D eigenvalue weighted by molar-refractivity contribution is 0.0948. The summed E-state index contributed by atoms with van der Waals surface area (Å²) < 4.78 is 8.60. The summed E-state index contributed by atoms with van der Waals surface area (Å²) in [5, 5.41) is 1.42. The van der Waals surface area contributed by atoms with E-state index in [1.54, 1.807) is 10.8 Å². The van der Waals surface area contributed by atoms with Gasteiger partial charge in [-0.2, -0.15) is 0 Å². The van der Waals surface area contributed by atoms with E-state index in [0.717, 1.165) is 23.1 Å². The highest BCUT2D eigenvalue weighted by molar-refractivity contribution is 7.25. The Morgan fingerprint density at radius 2 is 2.26 bits per heavy atom. The number of aryl methyl sites for hydroxylation is 1. The zero-order valence-electron chi connectivity index (χ0n) is 12.8. The average molecular weight is 331 g/mol. The third-order valence-electron chi connectivity index (χ3n) is 4.34. The summed E-state index contributed by atoms with van der Waals surface area (Å²) in [6, 6.07) is 3.71. The van der Waals surface area contributed by atoms with E-state index in [2.05, 4.69) is 4.98 Å². The van der Waals surface area contributed by atoms with Gasteiger partial charge >= 0.3 is 5.69 Å². The van der Waals surface area contributed by atoms with Crippen LogP contribution in [0.1, 0.15) is 19.8 Å². The number of rotatable bonds is 3. The molecule has 0 saturated carbocycles. The maximum Gasteiger partial charge on any atom is 0.332 e. The Kier molecular flexibility index (Phi) is 3.54. The number of thiophene rings is 1. The minimum atomic E-state index is -0.257. The molecule has 23 heavy (non-hydrogen) atoms. The van der Waals surface area contributed by atoms with Gasteiger partial charge in [0, 0.05) is 24.7 Å². The maximum atomic E-state index is 13.0. The second-order valence-corrected chi connectivity index (χ2v) is 6.69. The van der Waals surface area contributed by atoms with Crippen LogP contribution in [0.4, 0.5) is 0 Å². The molecule has 3 aromatic heterocycles. The van der Waals surface area contributed by atoms with Crippen molar-refractivity contribution in [1.82, 2.24) is 14.1 Å². The molecule has 0 aromatic carbocycles. The largest absolute Gasteiger partial charge is 0.376 e. The first-order valence-corrected chi connectivity index (χ1v) is 8.65. The maximum absolute atomic E-state index is 13.0. The molecule has 0 N–H and O–H groups in total. The number of nitrogens with zero attached hydrogens (tertiary/aromatic N) is 3. The van der Waals surface area contributed by atoms with Crippen molar-refractivity contribution in [2.24, 2.45) is 0 Å². The molecule has 0 radical (unpaired) electrons. The van der Waals surface area contributed by atoms with Crippen LogP contribution >= 0.6 is 11.3 Å². The Bertz CT molecular complexity index is 995.